The highest BCUT2D eigenvalue weighted by Crippen LogP contribution is 2.36. The first-order valence-corrected chi connectivity index (χ1v) is 11.1. The molecule has 0 saturated carbocycles. The molecule has 154 valence electrons. The van der Waals surface area contributed by atoms with Gasteiger partial charge in [-0.05, 0) is 69.6 Å². The first-order chi connectivity index (χ1) is 13.4. The summed E-state index contributed by atoms with van der Waals surface area (Å²) < 4.78 is 35.1. The smallest absolute Gasteiger partial charge is 0.399 e. The number of sulfone groups is 1. The molecular weight excluding hydrogens is 391 g/mol. The quantitative estimate of drug-likeness (QED) is 0.748. The van der Waals surface area contributed by atoms with Gasteiger partial charge in [0.15, 0.2) is 9.84 Å². The van der Waals surface area contributed by atoms with Crippen LogP contribution in [0.2, 0.25) is 0 Å². The van der Waals surface area contributed by atoms with Crippen molar-refractivity contribution in [2.24, 2.45) is 0 Å². The van der Waals surface area contributed by atoms with Crippen molar-refractivity contribution in [3.63, 3.8) is 0 Å². The highest BCUT2D eigenvalue weighted by molar-refractivity contribution is 7.90. The number of amides is 2. The van der Waals surface area contributed by atoms with Crippen molar-refractivity contribution in [3.05, 3.63) is 48.5 Å². The molecule has 0 radical (unpaired) electrons. The maximum absolute atomic E-state index is 12.3. The molecule has 0 spiro atoms. The molecule has 29 heavy (non-hydrogen) atoms. The molecule has 1 aliphatic heterocycles. The number of benzene rings is 2. The standard InChI is InChI=1S/C20H25BN2O5S/c1-19(2)20(3,4)28-21(27-19)14-7-6-8-16(13-14)23-18(24)22-15-9-11-17(12-10-15)29(5,25)26/h6-13H,1-5H3,(H2,22,23,24). The zero-order chi connectivity index (χ0) is 21.4. The molecule has 2 amide bonds. The zero-order valence-corrected chi connectivity index (χ0v) is 18.0. The normalized spacial score (nSPS) is 17.8. The fourth-order valence-electron chi connectivity index (χ4n) is 2.82. The van der Waals surface area contributed by atoms with Crippen molar-refractivity contribution in [2.45, 2.75) is 43.8 Å². The molecule has 0 aliphatic carbocycles. The largest absolute Gasteiger partial charge is 0.494 e. The van der Waals surface area contributed by atoms with Gasteiger partial charge >= 0.3 is 13.1 Å². The summed E-state index contributed by atoms with van der Waals surface area (Å²) in [7, 11) is -3.80. The highest BCUT2D eigenvalue weighted by Gasteiger charge is 2.51. The molecule has 0 bridgehead atoms. The minimum atomic E-state index is -3.28. The van der Waals surface area contributed by atoms with Crippen LogP contribution in [0.4, 0.5) is 16.2 Å². The van der Waals surface area contributed by atoms with Crippen LogP contribution in [0, 0.1) is 0 Å². The average Bonchev–Trinajstić information content (AvgIpc) is 2.82. The average molecular weight is 416 g/mol. The third-order valence-electron chi connectivity index (χ3n) is 5.21. The van der Waals surface area contributed by atoms with E-state index in [-0.39, 0.29) is 4.90 Å². The second kappa shape index (κ2) is 7.48. The molecule has 7 nitrogen and oxygen atoms in total. The van der Waals surface area contributed by atoms with Crippen molar-refractivity contribution >= 4 is 39.8 Å². The van der Waals surface area contributed by atoms with Crippen LogP contribution in [0.1, 0.15) is 27.7 Å². The van der Waals surface area contributed by atoms with Crippen molar-refractivity contribution in [1.29, 1.82) is 0 Å². The van der Waals surface area contributed by atoms with Crippen LogP contribution in [-0.4, -0.2) is 39.0 Å². The van der Waals surface area contributed by atoms with E-state index in [1.54, 1.807) is 12.1 Å². The van der Waals surface area contributed by atoms with Gasteiger partial charge in [-0.2, -0.15) is 0 Å². The van der Waals surface area contributed by atoms with Crippen LogP contribution >= 0.6 is 0 Å². The van der Waals surface area contributed by atoms with Crippen LogP contribution in [0.25, 0.3) is 0 Å². The number of carbonyl (C=O) groups excluding carboxylic acids is 1. The Labute approximate surface area is 171 Å². The van der Waals surface area contributed by atoms with Gasteiger partial charge in [-0.15, -0.1) is 0 Å². The summed E-state index contributed by atoms with van der Waals surface area (Å²) in [6.45, 7) is 7.93. The van der Waals surface area contributed by atoms with Crippen LogP contribution in [0.3, 0.4) is 0 Å². The maximum atomic E-state index is 12.3. The predicted octanol–water partition coefficient (Wildman–Crippen LogP) is 3.03. The lowest BCUT2D eigenvalue weighted by atomic mass is 9.79. The lowest BCUT2D eigenvalue weighted by Crippen LogP contribution is -2.41. The predicted molar refractivity (Wildman–Crippen MR) is 114 cm³/mol. The topological polar surface area (TPSA) is 93.7 Å². The van der Waals surface area contributed by atoms with Gasteiger partial charge in [-0.25, -0.2) is 13.2 Å². The first kappa shape index (κ1) is 21.4. The molecule has 1 heterocycles. The Hall–Kier alpha value is -2.36. The van der Waals surface area contributed by atoms with E-state index in [1.807, 2.05) is 39.8 Å². The van der Waals surface area contributed by atoms with Crippen molar-refractivity contribution in [2.75, 3.05) is 16.9 Å². The second-order valence-electron chi connectivity index (χ2n) is 8.09. The number of rotatable bonds is 4. The van der Waals surface area contributed by atoms with E-state index in [4.69, 9.17) is 9.31 Å². The van der Waals surface area contributed by atoms with Gasteiger partial charge in [0.25, 0.3) is 0 Å². The Morgan fingerprint density at radius 3 is 2.00 bits per heavy atom. The van der Waals surface area contributed by atoms with E-state index in [2.05, 4.69) is 10.6 Å². The molecule has 2 aromatic carbocycles. The first-order valence-electron chi connectivity index (χ1n) is 9.21. The summed E-state index contributed by atoms with van der Waals surface area (Å²) >= 11 is 0. The summed E-state index contributed by atoms with van der Waals surface area (Å²) in [5, 5.41) is 5.44. The number of hydrogen-bond donors (Lipinski definition) is 2. The Balaban J connectivity index is 1.67. The third-order valence-corrected chi connectivity index (χ3v) is 6.34. The SMILES string of the molecule is CC1(C)OB(c2cccc(NC(=O)Nc3ccc(S(C)(=O)=O)cc3)c2)OC1(C)C. The van der Waals surface area contributed by atoms with Gasteiger partial charge < -0.3 is 19.9 Å². The maximum Gasteiger partial charge on any atom is 0.494 e. The zero-order valence-electron chi connectivity index (χ0n) is 17.1. The summed E-state index contributed by atoms with van der Waals surface area (Å²) in [5.74, 6) is 0. The van der Waals surface area contributed by atoms with Gasteiger partial charge in [0.1, 0.15) is 0 Å². The minimum Gasteiger partial charge on any atom is -0.399 e. The number of urea groups is 1. The van der Waals surface area contributed by atoms with Gasteiger partial charge in [0.05, 0.1) is 16.1 Å². The Kier molecular flexibility index (Phi) is 5.51. The van der Waals surface area contributed by atoms with Gasteiger partial charge in [0, 0.05) is 17.6 Å². The van der Waals surface area contributed by atoms with E-state index >= 15 is 0 Å². The van der Waals surface area contributed by atoms with E-state index in [9.17, 15) is 13.2 Å². The number of anilines is 2. The Bertz CT molecular complexity index is 1000. The fourth-order valence-corrected chi connectivity index (χ4v) is 3.45. The summed E-state index contributed by atoms with van der Waals surface area (Å²) in [4.78, 5) is 12.5. The Morgan fingerprint density at radius 1 is 0.897 bits per heavy atom. The number of hydrogen-bond acceptors (Lipinski definition) is 5. The molecule has 3 rings (SSSR count). The fraction of sp³-hybridized carbons (Fsp3) is 0.350. The van der Waals surface area contributed by atoms with Crippen LogP contribution < -0.4 is 16.1 Å². The van der Waals surface area contributed by atoms with Crippen LogP contribution in [0.15, 0.2) is 53.4 Å². The van der Waals surface area contributed by atoms with Gasteiger partial charge in [-0.1, -0.05) is 12.1 Å². The van der Waals surface area contributed by atoms with Crippen LogP contribution in [0.5, 0.6) is 0 Å². The summed E-state index contributed by atoms with van der Waals surface area (Å²) in [6, 6.07) is 12.8. The molecule has 9 heteroatoms. The molecule has 0 aromatic heterocycles. The molecular formula is C20H25BN2O5S. The van der Waals surface area contributed by atoms with Crippen molar-refractivity contribution in [1.82, 2.24) is 0 Å². The Morgan fingerprint density at radius 2 is 1.45 bits per heavy atom. The molecule has 0 unspecified atom stereocenters. The highest BCUT2D eigenvalue weighted by atomic mass is 32.2. The van der Waals surface area contributed by atoms with E-state index in [0.29, 0.717) is 11.4 Å². The number of nitrogens with one attached hydrogen (secondary N) is 2. The number of carbonyl (C=O) groups is 1. The summed E-state index contributed by atoms with van der Waals surface area (Å²) in [5.41, 5.74) is 0.978. The monoisotopic (exact) mass is 416 g/mol. The molecule has 0 atom stereocenters. The van der Waals surface area contributed by atoms with E-state index in [1.165, 1.54) is 24.3 Å². The lowest BCUT2D eigenvalue weighted by molar-refractivity contribution is 0.00578. The summed E-state index contributed by atoms with van der Waals surface area (Å²) in [6.07, 6.45) is 1.13. The molecule has 2 aromatic rings. The van der Waals surface area contributed by atoms with Crippen molar-refractivity contribution in [3.8, 4) is 0 Å². The van der Waals surface area contributed by atoms with Gasteiger partial charge in [-0.3, -0.25) is 0 Å². The van der Waals surface area contributed by atoms with Gasteiger partial charge in [0.2, 0.25) is 0 Å². The minimum absolute atomic E-state index is 0.193. The molecule has 1 fully saturated rings. The van der Waals surface area contributed by atoms with Crippen LogP contribution in [-0.2, 0) is 19.1 Å². The second-order valence-corrected chi connectivity index (χ2v) is 10.1. The lowest BCUT2D eigenvalue weighted by Gasteiger charge is -2.32. The van der Waals surface area contributed by atoms with E-state index in [0.717, 1.165) is 11.7 Å². The third kappa shape index (κ3) is 4.80. The molecule has 1 saturated heterocycles. The molecule has 1 aliphatic rings. The molecule has 2 N–H and O–H groups in total. The van der Waals surface area contributed by atoms with E-state index < -0.39 is 34.2 Å². The van der Waals surface area contributed by atoms with Crippen molar-refractivity contribution < 1.29 is 22.5 Å².